The minimum Gasteiger partial charge on any atom is -0.493 e. The van der Waals surface area contributed by atoms with Crippen molar-refractivity contribution >= 4 is 0 Å². The Morgan fingerprint density at radius 1 is 1.25 bits per heavy atom. The van der Waals surface area contributed by atoms with E-state index in [-0.39, 0.29) is 41.0 Å². The molecule has 0 radical (unpaired) electrons. The number of benzene rings is 1. The van der Waals surface area contributed by atoms with Crippen LogP contribution in [0.2, 0.25) is 0 Å². The van der Waals surface area contributed by atoms with Crippen LogP contribution in [0.3, 0.4) is 0 Å². The van der Waals surface area contributed by atoms with E-state index in [1.807, 2.05) is 30.3 Å². The van der Waals surface area contributed by atoms with Crippen molar-refractivity contribution in [2.75, 3.05) is 0 Å². The van der Waals surface area contributed by atoms with Gasteiger partial charge in [-0.2, -0.15) is 24.6 Å². The number of aromatic amines is 1. The van der Waals surface area contributed by atoms with Gasteiger partial charge in [0.2, 0.25) is 5.88 Å². The number of H-pyrrole nitrogens is 1. The van der Waals surface area contributed by atoms with E-state index in [1.165, 1.54) is 0 Å². The molecule has 0 spiro atoms. The Morgan fingerprint density at radius 2 is 1.88 bits per heavy atom. The third kappa shape index (κ3) is 6.29. The van der Waals surface area contributed by atoms with Gasteiger partial charge in [-0.25, -0.2) is 4.98 Å². The maximum absolute atomic E-state index is 10.2. The quantitative estimate of drug-likeness (QED) is 0.418. The Bertz CT molecular complexity index is 457. The average Bonchev–Trinajstić information content (AvgIpc) is 2.19. The van der Waals surface area contributed by atoms with Crippen LogP contribution in [0.5, 0.6) is 5.88 Å². The predicted octanol–water partition coefficient (Wildman–Crippen LogP) is -1.65. The third-order valence-corrected chi connectivity index (χ3v) is 1.51. The van der Waals surface area contributed by atoms with E-state index in [1.54, 1.807) is 0 Å². The number of hydrogen-bond donors (Lipinski definition) is 2. The van der Waals surface area contributed by atoms with Crippen molar-refractivity contribution in [2.45, 2.75) is 0 Å². The minimum atomic E-state index is -0.350. The Morgan fingerprint density at radius 3 is 2.19 bits per heavy atom. The van der Waals surface area contributed by atoms with Gasteiger partial charge in [0, 0.05) is 0 Å². The summed E-state index contributed by atoms with van der Waals surface area (Å²) >= 11 is 0. The molecule has 2 N–H and O–H groups in total. The van der Waals surface area contributed by atoms with E-state index in [9.17, 15) is 4.79 Å². The number of nitrogens with zero attached hydrogens (tertiary/aromatic N) is 1. The van der Waals surface area contributed by atoms with Crippen molar-refractivity contribution in [3.05, 3.63) is 65.6 Å². The predicted molar refractivity (Wildman–Crippen MR) is 57.4 cm³/mol. The van der Waals surface area contributed by atoms with Crippen LogP contribution in [0.1, 0.15) is 5.56 Å². The SMILES string of the molecule is O=c1cc(O)nc[nH]1.[CH2-]c1ccccc1.[Na+]. The molecule has 0 aliphatic heterocycles. The number of aromatic nitrogens is 2. The summed E-state index contributed by atoms with van der Waals surface area (Å²) in [7, 11) is 0. The molecule has 5 heteroatoms. The van der Waals surface area contributed by atoms with Crippen LogP contribution in [0, 0.1) is 6.92 Å². The number of hydrogen-bond acceptors (Lipinski definition) is 3. The summed E-state index contributed by atoms with van der Waals surface area (Å²) in [6.45, 7) is 3.72. The van der Waals surface area contributed by atoms with Crippen molar-refractivity contribution in [1.29, 1.82) is 0 Å². The van der Waals surface area contributed by atoms with Crippen molar-refractivity contribution < 1.29 is 34.7 Å². The van der Waals surface area contributed by atoms with Crippen molar-refractivity contribution in [3.63, 3.8) is 0 Å². The van der Waals surface area contributed by atoms with Crippen LogP contribution < -0.4 is 35.1 Å². The summed E-state index contributed by atoms with van der Waals surface area (Å²) in [6, 6.07) is 10.9. The van der Waals surface area contributed by atoms with Crippen LogP contribution in [0.4, 0.5) is 0 Å². The fourth-order valence-corrected chi connectivity index (χ4v) is 0.836. The average molecular weight is 226 g/mol. The zero-order chi connectivity index (χ0) is 11.1. The molecule has 1 aromatic heterocycles. The molecule has 2 aromatic rings. The zero-order valence-electron chi connectivity index (χ0n) is 9.05. The molecule has 0 unspecified atom stereocenters. The van der Waals surface area contributed by atoms with Crippen LogP contribution in [0.15, 0.2) is 47.5 Å². The largest absolute Gasteiger partial charge is 1.00 e. The summed E-state index contributed by atoms with van der Waals surface area (Å²) in [5.41, 5.74) is 0.722. The molecule has 0 saturated carbocycles. The molecule has 0 bridgehead atoms. The molecule has 78 valence electrons. The Labute approximate surface area is 116 Å². The number of rotatable bonds is 0. The van der Waals surface area contributed by atoms with Crippen LogP contribution >= 0.6 is 0 Å². The van der Waals surface area contributed by atoms with Crippen molar-refractivity contribution in [1.82, 2.24) is 9.97 Å². The smallest absolute Gasteiger partial charge is 0.493 e. The third-order valence-electron chi connectivity index (χ3n) is 1.51. The second-order valence-corrected chi connectivity index (χ2v) is 2.75. The van der Waals surface area contributed by atoms with Gasteiger partial charge in [-0.05, 0) is 0 Å². The van der Waals surface area contributed by atoms with Crippen molar-refractivity contribution in [2.24, 2.45) is 0 Å². The topological polar surface area (TPSA) is 66.0 Å². The molecule has 0 fully saturated rings. The molecule has 0 saturated heterocycles. The Hall–Kier alpha value is -1.23. The van der Waals surface area contributed by atoms with Gasteiger partial charge in [-0.3, -0.25) is 4.79 Å². The Kier molecular flexibility index (Phi) is 7.37. The van der Waals surface area contributed by atoms with Gasteiger partial charge in [0.05, 0.1) is 12.4 Å². The van der Waals surface area contributed by atoms with E-state index in [2.05, 4.69) is 16.9 Å². The van der Waals surface area contributed by atoms with Crippen LogP contribution in [-0.4, -0.2) is 15.1 Å². The van der Waals surface area contributed by atoms with Gasteiger partial charge in [-0.1, -0.05) is 6.07 Å². The molecule has 1 heterocycles. The minimum absolute atomic E-state index is 0. The maximum atomic E-state index is 10.2. The summed E-state index contributed by atoms with van der Waals surface area (Å²) < 4.78 is 0. The van der Waals surface area contributed by atoms with E-state index < -0.39 is 0 Å². The molecule has 16 heavy (non-hydrogen) atoms. The summed E-state index contributed by atoms with van der Waals surface area (Å²) in [6.07, 6.45) is 1.14. The first-order valence-electron chi connectivity index (χ1n) is 4.29. The maximum Gasteiger partial charge on any atom is 1.00 e. The second kappa shape index (κ2) is 7.98. The van der Waals surface area contributed by atoms with E-state index in [0.717, 1.165) is 18.0 Å². The van der Waals surface area contributed by atoms with Crippen LogP contribution in [-0.2, 0) is 0 Å². The monoisotopic (exact) mass is 226 g/mol. The van der Waals surface area contributed by atoms with Gasteiger partial charge in [0.25, 0.3) is 5.56 Å². The van der Waals surface area contributed by atoms with Gasteiger partial charge in [-0.15, -0.1) is 12.1 Å². The van der Waals surface area contributed by atoms with Crippen LogP contribution in [0.25, 0.3) is 0 Å². The van der Waals surface area contributed by atoms with E-state index in [4.69, 9.17) is 5.11 Å². The number of nitrogens with one attached hydrogen (secondary N) is 1. The zero-order valence-corrected chi connectivity index (χ0v) is 11.1. The fraction of sp³-hybridized carbons (Fsp3) is 0. The van der Waals surface area contributed by atoms with E-state index in [0.29, 0.717) is 0 Å². The van der Waals surface area contributed by atoms with Gasteiger partial charge in [0.15, 0.2) is 0 Å². The first-order chi connectivity index (χ1) is 7.18. The molecule has 2 rings (SSSR count). The standard InChI is InChI=1S/C7H7.C4H4N2O2.Na/c1-7-5-3-2-4-6-7;7-3-1-4(8)6-2-5-3;/h2-6H,1H2;1-2H,(H2,5,6,7,8);/q-1;;+1. The summed E-state index contributed by atoms with van der Waals surface area (Å²) in [5, 5.41) is 8.48. The summed E-state index contributed by atoms with van der Waals surface area (Å²) in [5.74, 6) is -0.256. The normalized spacial score (nSPS) is 8.25. The summed E-state index contributed by atoms with van der Waals surface area (Å²) in [4.78, 5) is 15.8. The molecule has 0 amide bonds. The second-order valence-electron chi connectivity index (χ2n) is 2.75. The fourth-order valence-electron chi connectivity index (χ4n) is 0.836. The van der Waals surface area contributed by atoms with Gasteiger partial charge >= 0.3 is 29.6 Å². The molecule has 4 nitrogen and oxygen atoms in total. The van der Waals surface area contributed by atoms with Gasteiger partial charge in [0.1, 0.15) is 0 Å². The molecule has 0 aliphatic rings. The Balaban J connectivity index is 0.000000267. The molecule has 0 aliphatic carbocycles. The molecule has 1 aromatic carbocycles. The molecule has 0 atom stereocenters. The van der Waals surface area contributed by atoms with E-state index >= 15 is 0 Å². The molecular weight excluding hydrogens is 215 g/mol. The van der Waals surface area contributed by atoms with Crippen molar-refractivity contribution in [3.8, 4) is 5.88 Å². The molecular formula is C11H11N2NaO2. The van der Waals surface area contributed by atoms with Gasteiger partial charge < -0.3 is 10.1 Å². The first-order valence-corrected chi connectivity index (χ1v) is 4.29. The number of aromatic hydroxyl groups is 1. The first kappa shape index (κ1) is 14.8.